The number of carbonyl (C=O) groups is 1. The van der Waals surface area contributed by atoms with E-state index in [0.29, 0.717) is 71.8 Å². The van der Waals surface area contributed by atoms with E-state index in [9.17, 15) is 4.79 Å². The molecule has 10 aliphatic rings. The predicted molar refractivity (Wildman–Crippen MR) is 432 cm³/mol. The molecule has 1 spiro atoms. The monoisotopic (exact) mass is 1320 g/mol. The van der Waals surface area contributed by atoms with Crippen molar-refractivity contribution in [3.05, 3.63) is 130 Å². The van der Waals surface area contributed by atoms with Gasteiger partial charge in [0.05, 0.1) is 0 Å². The van der Waals surface area contributed by atoms with E-state index in [4.69, 9.17) is 0 Å². The molecule has 0 amide bonds. The standard InChI is InChI=1S/C14H18.C12H20O.C12H16.C11H20.C11H18.C10H16.C10H20.C10H18.2C2H6.CH4/c1-11-13(14(11,2)3)10-9-12-7-5-4-6-8-12;1-7(13)9-10(12(9,4)5)8-6-11(8,2)3;1-11(2)9-12(11,3)10-7-5-4-6-8-10;1-8(2)7-11(6)9(3)10(11,4)5;1-8(2)6-7-10-9(3)11(10,4)5;1-7(2)6-9-8(3)10(9)4-5-10;2*1-7(2)6-9-8(3)10(9,4)5;2*1-2;/h4-11,13H,1-3H3;8-10H,6H2,1-5H3;4-8H,9H2,1-3H3;7,9H,1-6H3;7,9-10H,1-5H3;6,8-9H,4-5H2,1-3H3;7-9H,6H2,1-5H3;6,8-9H,1-5H3;2*1-2H3;1H4. The van der Waals surface area contributed by atoms with Crippen molar-refractivity contribution in [3.63, 3.8) is 0 Å². The summed E-state index contributed by atoms with van der Waals surface area (Å²) in [6.45, 7) is 88.0. The number of rotatable bonds is 11. The second-order valence-electron chi connectivity index (χ2n) is 38.8. The zero-order chi connectivity index (χ0) is 73.8. The Labute approximate surface area is 601 Å². The van der Waals surface area contributed by atoms with Gasteiger partial charge in [-0.15, -0.1) is 5.73 Å². The Bertz CT molecular complexity index is 2910. The molecule has 10 fully saturated rings. The highest BCUT2D eigenvalue weighted by Gasteiger charge is 2.70. The Hall–Kier alpha value is -3.41. The number of hydrogen-bond donors (Lipinski definition) is 0. The fourth-order valence-electron chi connectivity index (χ4n) is 17.4. The van der Waals surface area contributed by atoms with Crippen LogP contribution in [0.1, 0.15) is 321 Å². The quantitative estimate of drug-likeness (QED) is 0.162. The first-order valence-electron chi connectivity index (χ1n) is 39.0. The number of hydrogen-bond acceptors (Lipinski definition) is 1. The minimum Gasteiger partial charge on any atom is -0.300 e. The van der Waals surface area contributed by atoms with Gasteiger partial charge in [0.1, 0.15) is 5.78 Å². The van der Waals surface area contributed by atoms with Crippen LogP contribution in [-0.4, -0.2) is 5.78 Å². The first-order valence-corrected chi connectivity index (χ1v) is 39.0. The lowest BCUT2D eigenvalue weighted by Gasteiger charge is -2.14. The number of Topliss-reactive ketones (excluding diaryl/α,β-unsaturated/α-hetero) is 1. The Kier molecular flexibility index (Phi) is 30.6. The van der Waals surface area contributed by atoms with E-state index in [-0.39, 0.29) is 7.43 Å². The van der Waals surface area contributed by atoms with Crippen molar-refractivity contribution in [3.8, 4) is 0 Å². The molecule has 0 aromatic heterocycles. The number of carbonyl (C=O) groups excluding carboxylic acids is 1. The van der Waals surface area contributed by atoms with Crippen molar-refractivity contribution < 1.29 is 4.79 Å². The first kappa shape index (κ1) is 88.7. The van der Waals surface area contributed by atoms with Gasteiger partial charge in [0.25, 0.3) is 0 Å². The summed E-state index contributed by atoms with van der Waals surface area (Å²) < 4.78 is 0. The van der Waals surface area contributed by atoms with Crippen LogP contribution in [0.5, 0.6) is 0 Å². The highest BCUT2D eigenvalue weighted by Crippen LogP contribution is 2.76. The smallest absolute Gasteiger partial charge is 0.133 e. The normalized spacial score (nSPS) is 34.2. The molecule has 12 rings (SSSR count). The molecule has 0 N–H and O–H groups in total. The van der Waals surface area contributed by atoms with Gasteiger partial charge in [-0.05, 0) is 260 Å². The highest BCUT2D eigenvalue weighted by atomic mass is 16.1. The van der Waals surface area contributed by atoms with Crippen molar-refractivity contribution in [2.45, 2.75) is 315 Å². The van der Waals surface area contributed by atoms with Gasteiger partial charge < -0.3 is 0 Å². The van der Waals surface area contributed by atoms with E-state index < -0.39 is 0 Å². The lowest BCUT2D eigenvalue weighted by molar-refractivity contribution is -0.119. The summed E-state index contributed by atoms with van der Waals surface area (Å²) in [6.07, 6.45) is 21.2. The van der Waals surface area contributed by atoms with Gasteiger partial charge in [-0.25, -0.2) is 0 Å². The largest absolute Gasteiger partial charge is 0.300 e. The van der Waals surface area contributed by atoms with Crippen LogP contribution in [0.4, 0.5) is 0 Å². The second kappa shape index (κ2) is 33.1. The Morgan fingerprint density at radius 1 is 0.531 bits per heavy atom. The highest BCUT2D eigenvalue weighted by molar-refractivity contribution is 5.83. The van der Waals surface area contributed by atoms with Crippen molar-refractivity contribution in [1.82, 2.24) is 0 Å². The van der Waals surface area contributed by atoms with E-state index in [1.807, 2.05) is 27.7 Å². The maximum absolute atomic E-state index is 11.4. The van der Waals surface area contributed by atoms with Crippen LogP contribution < -0.4 is 0 Å². The molecule has 0 heterocycles. The Balaban J connectivity index is 0.000000371. The molecule has 0 saturated heterocycles. The molecule has 548 valence electrons. The van der Waals surface area contributed by atoms with Gasteiger partial charge in [-0.1, -0.05) is 323 Å². The molecule has 0 bridgehead atoms. The Morgan fingerprint density at radius 2 is 0.917 bits per heavy atom. The molecule has 2 aromatic carbocycles. The summed E-state index contributed by atoms with van der Waals surface area (Å²) in [4.78, 5) is 11.4. The molecule has 96 heavy (non-hydrogen) atoms. The van der Waals surface area contributed by atoms with Crippen LogP contribution >= 0.6 is 0 Å². The van der Waals surface area contributed by atoms with Crippen LogP contribution in [0.15, 0.2) is 119 Å². The molecule has 10 aliphatic carbocycles. The van der Waals surface area contributed by atoms with Gasteiger partial charge in [0, 0.05) is 5.92 Å². The Morgan fingerprint density at radius 3 is 1.16 bits per heavy atom. The van der Waals surface area contributed by atoms with E-state index in [1.165, 1.54) is 65.5 Å². The third kappa shape index (κ3) is 21.6. The number of benzene rings is 2. The van der Waals surface area contributed by atoms with Gasteiger partial charge in [-0.2, -0.15) is 0 Å². The van der Waals surface area contributed by atoms with Crippen molar-refractivity contribution in [1.29, 1.82) is 0 Å². The van der Waals surface area contributed by atoms with Gasteiger partial charge in [0.2, 0.25) is 0 Å². The fraction of sp³-hybridized carbons (Fsp3) is 0.747. The number of allylic oxidation sites excluding steroid dienone is 8. The molecule has 0 radical (unpaired) electrons. The number of ketones is 1. The van der Waals surface area contributed by atoms with Gasteiger partial charge in [0.15, 0.2) is 0 Å². The maximum Gasteiger partial charge on any atom is 0.133 e. The van der Waals surface area contributed by atoms with E-state index >= 15 is 0 Å². The third-order valence-electron chi connectivity index (χ3n) is 28.3. The molecule has 2 aromatic rings. The minimum absolute atomic E-state index is 0. The van der Waals surface area contributed by atoms with Crippen LogP contribution in [-0.2, 0) is 10.2 Å². The summed E-state index contributed by atoms with van der Waals surface area (Å²) in [5.41, 5.74) is 17.6. The maximum atomic E-state index is 11.4. The van der Waals surface area contributed by atoms with E-state index in [2.05, 4.69) is 338 Å². The third-order valence-corrected chi connectivity index (χ3v) is 28.3. The van der Waals surface area contributed by atoms with Crippen molar-refractivity contribution in [2.75, 3.05) is 0 Å². The molecule has 1 heteroatoms. The fourth-order valence-corrected chi connectivity index (χ4v) is 17.4. The lowest BCUT2D eigenvalue weighted by Crippen LogP contribution is -2.08. The van der Waals surface area contributed by atoms with Crippen LogP contribution in [0.2, 0.25) is 0 Å². The topological polar surface area (TPSA) is 17.1 Å². The van der Waals surface area contributed by atoms with Crippen molar-refractivity contribution in [2.24, 2.45) is 143 Å². The molecular formula is C95H162O. The molecular weight excluding hydrogens is 1160 g/mol. The summed E-state index contributed by atoms with van der Waals surface area (Å²) in [7, 11) is 0. The molecule has 0 aliphatic heterocycles. The van der Waals surface area contributed by atoms with Gasteiger partial charge in [-0.3, -0.25) is 4.79 Å². The van der Waals surface area contributed by atoms with Crippen molar-refractivity contribution >= 4 is 11.9 Å². The second-order valence-corrected chi connectivity index (χ2v) is 38.8. The predicted octanol–water partition coefficient (Wildman–Crippen LogP) is 29.6. The molecule has 16 atom stereocenters. The lowest BCUT2D eigenvalue weighted by atomic mass is 9.90. The first-order chi connectivity index (χ1) is 43.3. The molecule has 10 saturated carbocycles. The average Bonchev–Trinajstić information content (AvgIpc) is 1.52. The summed E-state index contributed by atoms with van der Waals surface area (Å²) in [6, 6.07) is 21.4. The summed E-state index contributed by atoms with van der Waals surface area (Å²) in [5.74, 6) is 12.9. The van der Waals surface area contributed by atoms with E-state index in [1.54, 1.807) is 6.92 Å². The summed E-state index contributed by atoms with van der Waals surface area (Å²) in [5, 5.41) is 0. The van der Waals surface area contributed by atoms with Gasteiger partial charge >= 0.3 is 0 Å². The zero-order valence-corrected chi connectivity index (χ0v) is 70.3. The molecule has 16 unspecified atom stereocenters. The SMILES string of the molecule is C.CC.CC.CC(=O)C1C(C2CC2(C)C)C1(C)C.CC(C)=C=CC1C(C)C1(C)C.CC(C)=CC1(C)C(C)C1(C)C.CC(C)=CC1C(C)C1(C)C.CC(C)=CC1C(C)C12CC2.CC(C)CC1C(C)C1(C)C.CC1(C)CC1(C)c1ccccc1.CC1C(C=Cc2ccccc2)C1(C)C. The summed E-state index contributed by atoms with van der Waals surface area (Å²) >= 11 is 0. The van der Waals surface area contributed by atoms with Crippen LogP contribution in [0.25, 0.3) is 6.08 Å². The average molecular weight is 1320 g/mol. The van der Waals surface area contributed by atoms with E-state index in [0.717, 1.165) is 82.3 Å². The molecule has 1 nitrogen and oxygen atoms in total. The van der Waals surface area contributed by atoms with Crippen LogP contribution in [0.3, 0.4) is 0 Å². The van der Waals surface area contributed by atoms with Crippen LogP contribution in [0, 0.1) is 143 Å². The minimum atomic E-state index is 0. The zero-order valence-electron chi connectivity index (χ0n) is 70.3.